The minimum absolute atomic E-state index is 0.123. The summed E-state index contributed by atoms with van der Waals surface area (Å²) in [6, 6.07) is 3.81. The van der Waals surface area contributed by atoms with E-state index >= 15 is 0 Å². The first-order valence-corrected chi connectivity index (χ1v) is 6.53. The highest BCUT2D eigenvalue weighted by molar-refractivity contribution is 6.04. The normalized spacial score (nSPS) is 17.8. The lowest BCUT2D eigenvalue weighted by molar-refractivity contribution is 0.0644. The quantitative estimate of drug-likeness (QED) is 0.812. The summed E-state index contributed by atoms with van der Waals surface area (Å²) >= 11 is 0. The third-order valence-corrected chi connectivity index (χ3v) is 3.92. The number of amides is 1. The molecule has 2 aromatic rings. The fraction of sp³-hybridized carbons (Fsp3) is 0.500. The van der Waals surface area contributed by atoms with Crippen LogP contribution < -0.4 is 0 Å². The average molecular weight is 246 g/mol. The molecule has 18 heavy (non-hydrogen) atoms. The molecular formula is C14H18N2O2. The minimum Gasteiger partial charge on any atom is -0.456 e. The van der Waals surface area contributed by atoms with E-state index in [9.17, 15) is 4.79 Å². The van der Waals surface area contributed by atoms with Crippen molar-refractivity contribution in [1.82, 2.24) is 9.80 Å². The lowest BCUT2D eigenvalue weighted by Gasteiger charge is -2.34. The van der Waals surface area contributed by atoms with Gasteiger partial charge in [-0.05, 0) is 25.6 Å². The first kappa shape index (κ1) is 11.5. The van der Waals surface area contributed by atoms with Crippen molar-refractivity contribution in [3.63, 3.8) is 0 Å². The summed E-state index contributed by atoms with van der Waals surface area (Å²) < 4.78 is 5.54. The highest BCUT2D eigenvalue weighted by Gasteiger charge is 2.26. The number of rotatable bonds is 2. The van der Waals surface area contributed by atoms with Crippen molar-refractivity contribution < 1.29 is 9.21 Å². The number of benzene rings is 1. The van der Waals surface area contributed by atoms with E-state index < -0.39 is 0 Å². The fourth-order valence-electron chi connectivity index (χ4n) is 2.67. The van der Waals surface area contributed by atoms with Gasteiger partial charge in [0.15, 0.2) is 0 Å². The molecule has 0 atom stereocenters. The summed E-state index contributed by atoms with van der Waals surface area (Å²) in [4.78, 5) is 16.8. The number of likely N-dealkylation sites (N-methyl/N-ethyl adjacent to an activating group) is 1. The van der Waals surface area contributed by atoms with Gasteiger partial charge in [0, 0.05) is 31.7 Å². The van der Waals surface area contributed by atoms with E-state index in [0.29, 0.717) is 0 Å². The van der Waals surface area contributed by atoms with Gasteiger partial charge in [-0.1, -0.05) is 6.92 Å². The largest absolute Gasteiger partial charge is 0.456 e. The monoisotopic (exact) mass is 246 g/mol. The van der Waals surface area contributed by atoms with Crippen LogP contribution in [-0.4, -0.2) is 48.4 Å². The standard InChI is InChI=1S/C14H18N2O2/c1-3-15-6-8-16(9-7-15)14(17)13-10(2)11-4-5-12(13)18-11/h4-5H,3,6-9H2,1-2H3. The molecule has 0 aromatic carbocycles. The Morgan fingerprint density at radius 1 is 1.22 bits per heavy atom. The topological polar surface area (TPSA) is 36.7 Å². The van der Waals surface area contributed by atoms with Crippen LogP contribution in [0.25, 0.3) is 11.2 Å². The van der Waals surface area contributed by atoms with E-state index in [2.05, 4.69) is 11.8 Å². The molecule has 0 radical (unpaired) electrons. The lowest BCUT2D eigenvalue weighted by atomic mass is 10.1. The summed E-state index contributed by atoms with van der Waals surface area (Å²) in [5, 5.41) is 0. The third-order valence-electron chi connectivity index (χ3n) is 3.92. The number of aryl methyl sites for hydroxylation is 1. The number of furan rings is 2. The van der Waals surface area contributed by atoms with Crippen molar-refractivity contribution in [2.45, 2.75) is 13.8 Å². The Morgan fingerprint density at radius 2 is 1.89 bits per heavy atom. The molecule has 0 spiro atoms. The second-order valence-corrected chi connectivity index (χ2v) is 4.89. The number of carbonyl (C=O) groups is 1. The molecule has 4 heteroatoms. The Morgan fingerprint density at radius 3 is 2.44 bits per heavy atom. The summed E-state index contributed by atoms with van der Waals surface area (Å²) in [5.74, 6) is 0.123. The van der Waals surface area contributed by atoms with Crippen LogP contribution in [0.2, 0.25) is 0 Å². The number of fused-ring (bicyclic) bond motifs is 2. The van der Waals surface area contributed by atoms with Crippen molar-refractivity contribution in [2.24, 2.45) is 0 Å². The molecule has 2 aromatic heterocycles. The Hall–Kier alpha value is -1.55. The lowest BCUT2D eigenvalue weighted by Crippen LogP contribution is -2.48. The van der Waals surface area contributed by atoms with Crippen molar-refractivity contribution in [2.75, 3.05) is 32.7 Å². The second kappa shape index (κ2) is 4.28. The Kier molecular flexibility index (Phi) is 2.74. The average Bonchev–Trinajstić information content (AvgIpc) is 2.99. The molecule has 1 aliphatic rings. The van der Waals surface area contributed by atoms with Crippen molar-refractivity contribution in [3.05, 3.63) is 23.3 Å². The van der Waals surface area contributed by atoms with Crippen LogP contribution in [0.1, 0.15) is 22.8 Å². The summed E-state index contributed by atoms with van der Waals surface area (Å²) in [6.07, 6.45) is 0. The number of carbonyl (C=O) groups excluding carboxylic acids is 1. The fourth-order valence-corrected chi connectivity index (χ4v) is 2.67. The van der Waals surface area contributed by atoms with Crippen LogP contribution in [0.4, 0.5) is 0 Å². The SMILES string of the molecule is CCN1CCN(C(=O)c2c(C)c3ccc2o3)CC1. The van der Waals surface area contributed by atoms with Crippen molar-refractivity contribution >= 4 is 17.1 Å². The molecule has 1 aliphatic heterocycles. The van der Waals surface area contributed by atoms with Gasteiger partial charge in [-0.2, -0.15) is 0 Å². The number of piperazine rings is 1. The highest BCUT2D eigenvalue weighted by Crippen LogP contribution is 2.29. The summed E-state index contributed by atoms with van der Waals surface area (Å²) in [7, 11) is 0. The maximum absolute atomic E-state index is 12.5. The van der Waals surface area contributed by atoms with Crippen LogP contribution in [0, 0.1) is 6.92 Å². The van der Waals surface area contributed by atoms with Crippen LogP contribution in [0.5, 0.6) is 0 Å². The zero-order valence-electron chi connectivity index (χ0n) is 10.9. The Bertz CT molecular complexity index is 553. The Balaban J connectivity index is 1.79. The molecule has 96 valence electrons. The minimum atomic E-state index is 0.123. The van der Waals surface area contributed by atoms with Gasteiger partial charge in [-0.3, -0.25) is 4.79 Å². The van der Waals surface area contributed by atoms with Gasteiger partial charge < -0.3 is 14.2 Å². The highest BCUT2D eigenvalue weighted by atomic mass is 16.3. The second-order valence-electron chi connectivity index (χ2n) is 4.89. The number of hydrogen-bond acceptors (Lipinski definition) is 3. The molecule has 0 aliphatic carbocycles. The predicted octanol–water partition coefficient (Wildman–Crippen LogP) is 1.96. The van der Waals surface area contributed by atoms with E-state index in [1.54, 1.807) is 0 Å². The molecule has 3 rings (SSSR count). The van der Waals surface area contributed by atoms with Gasteiger partial charge >= 0.3 is 0 Å². The van der Waals surface area contributed by atoms with E-state index in [1.807, 2.05) is 24.0 Å². The van der Waals surface area contributed by atoms with Crippen LogP contribution in [-0.2, 0) is 0 Å². The van der Waals surface area contributed by atoms with Crippen LogP contribution >= 0.6 is 0 Å². The van der Waals surface area contributed by atoms with E-state index in [0.717, 1.165) is 55.0 Å². The predicted molar refractivity (Wildman–Crippen MR) is 70.2 cm³/mol. The van der Waals surface area contributed by atoms with Gasteiger partial charge in [0.1, 0.15) is 11.2 Å². The third kappa shape index (κ3) is 1.68. The van der Waals surface area contributed by atoms with Gasteiger partial charge in [0.25, 0.3) is 5.91 Å². The smallest absolute Gasteiger partial charge is 0.258 e. The molecule has 0 unspecified atom stereocenters. The number of nitrogens with zero attached hydrogens (tertiary/aromatic N) is 2. The number of hydrogen-bond donors (Lipinski definition) is 0. The zero-order chi connectivity index (χ0) is 12.7. The molecule has 0 N–H and O–H groups in total. The van der Waals surface area contributed by atoms with Gasteiger partial charge in [0.05, 0.1) is 5.56 Å². The summed E-state index contributed by atoms with van der Waals surface area (Å²) in [6.45, 7) is 8.75. The molecule has 3 heterocycles. The van der Waals surface area contributed by atoms with Crippen LogP contribution in [0.15, 0.2) is 16.5 Å². The maximum atomic E-state index is 12.5. The first-order valence-electron chi connectivity index (χ1n) is 6.53. The van der Waals surface area contributed by atoms with Crippen molar-refractivity contribution in [3.8, 4) is 0 Å². The zero-order valence-corrected chi connectivity index (χ0v) is 10.9. The van der Waals surface area contributed by atoms with Crippen molar-refractivity contribution in [1.29, 1.82) is 0 Å². The van der Waals surface area contributed by atoms with E-state index in [4.69, 9.17) is 4.42 Å². The maximum Gasteiger partial charge on any atom is 0.258 e. The molecule has 4 nitrogen and oxygen atoms in total. The van der Waals surface area contributed by atoms with E-state index in [1.165, 1.54) is 0 Å². The molecule has 1 amide bonds. The Labute approximate surface area is 106 Å². The molecule has 0 saturated carbocycles. The molecule has 1 saturated heterocycles. The molecule has 1 fully saturated rings. The first-order chi connectivity index (χ1) is 8.70. The molecular weight excluding hydrogens is 228 g/mol. The summed E-state index contributed by atoms with van der Waals surface area (Å²) in [5.41, 5.74) is 3.30. The van der Waals surface area contributed by atoms with Gasteiger partial charge in [-0.15, -0.1) is 0 Å². The van der Waals surface area contributed by atoms with Crippen LogP contribution in [0.3, 0.4) is 0 Å². The van der Waals surface area contributed by atoms with Gasteiger partial charge in [-0.25, -0.2) is 0 Å². The van der Waals surface area contributed by atoms with Gasteiger partial charge in [0.2, 0.25) is 0 Å². The molecule has 2 bridgehead atoms. The van der Waals surface area contributed by atoms with E-state index in [-0.39, 0.29) is 5.91 Å².